The van der Waals surface area contributed by atoms with Gasteiger partial charge in [-0.05, 0) is 66.9 Å². The third-order valence-electron chi connectivity index (χ3n) is 6.45. The van der Waals surface area contributed by atoms with E-state index < -0.39 is 54.7 Å². The van der Waals surface area contributed by atoms with Crippen LogP contribution in [0.4, 0.5) is 14.5 Å². The van der Waals surface area contributed by atoms with Gasteiger partial charge in [-0.15, -0.1) is 0 Å². The van der Waals surface area contributed by atoms with E-state index in [1.807, 2.05) is 0 Å². The van der Waals surface area contributed by atoms with Crippen LogP contribution >= 0.6 is 0 Å². The molecule has 0 saturated carbocycles. The molecule has 39 heavy (non-hydrogen) atoms. The highest BCUT2D eigenvalue weighted by Crippen LogP contribution is 2.49. The Hall–Kier alpha value is -4.51. The van der Waals surface area contributed by atoms with Crippen LogP contribution in [0.15, 0.2) is 66.7 Å². The van der Waals surface area contributed by atoms with Gasteiger partial charge < -0.3 is 30.3 Å². The van der Waals surface area contributed by atoms with Gasteiger partial charge in [-0.1, -0.05) is 12.1 Å². The number of carboxylic acids is 1. The molecule has 11 heteroatoms. The molecule has 1 saturated heterocycles. The van der Waals surface area contributed by atoms with E-state index in [1.165, 1.54) is 71.6 Å². The minimum absolute atomic E-state index is 0.143. The number of amides is 2. The Morgan fingerprint density at radius 1 is 1.00 bits per heavy atom. The summed E-state index contributed by atoms with van der Waals surface area (Å²) in [5.41, 5.74) is 1.31. The van der Waals surface area contributed by atoms with Gasteiger partial charge in [0.25, 0.3) is 5.91 Å². The first-order chi connectivity index (χ1) is 18.6. The quantitative estimate of drug-likeness (QED) is 0.274. The lowest BCUT2D eigenvalue weighted by molar-refractivity contribution is -0.138. The lowest BCUT2D eigenvalue weighted by Crippen LogP contribution is -2.55. The van der Waals surface area contributed by atoms with Crippen LogP contribution in [0.2, 0.25) is 0 Å². The van der Waals surface area contributed by atoms with E-state index in [0.29, 0.717) is 16.8 Å². The topological polar surface area (TPSA) is 136 Å². The molecule has 0 radical (unpaired) electrons. The van der Waals surface area contributed by atoms with E-state index in [9.17, 15) is 33.4 Å². The van der Waals surface area contributed by atoms with Gasteiger partial charge in [0.05, 0.1) is 18.1 Å². The number of phenols is 1. The van der Waals surface area contributed by atoms with E-state index in [1.54, 1.807) is 0 Å². The summed E-state index contributed by atoms with van der Waals surface area (Å²) in [5.74, 6) is -3.73. The molecule has 3 aromatic carbocycles. The lowest BCUT2D eigenvalue weighted by Gasteiger charge is -2.48. The van der Waals surface area contributed by atoms with Gasteiger partial charge in [-0.3, -0.25) is 14.4 Å². The van der Waals surface area contributed by atoms with Crippen molar-refractivity contribution in [2.24, 2.45) is 5.92 Å². The van der Waals surface area contributed by atoms with Gasteiger partial charge in [0.15, 0.2) is 6.61 Å². The summed E-state index contributed by atoms with van der Waals surface area (Å²) in [6.07, 6.45) is -0.486. The smallest absolute Gasteiger partial charge is 0.322 e. The molecular formula is C28H26F2N2O7. The number of β-lactam (4-membered cyclic amide) rings is 1. The van der Waals surface area contributed by atoms with E-state index in [0.717, 1.165) is 0 Å². The summed E-state index contributed by atoms with van der Waals surface area (Å²) >= 11 is 0. The number of aliphatic hydroxyl groups is 1. The fourth-order valence-corrected chi connectivity index (χ4v) is 4.50. The number of aliphatic hydroxyl groups excluding tert-OH is 1. The number of carbonyl (C=O) groups excluding carboxylic acids is 2. The van der Waals surface area contributed by atoms with Crippen LogP contribution in [0.1, 0.15) is 36.1 Å². The maximum atomic E-state index is 13.5. The van der Waals surface area contributed by atoms with Crippen LogP contribution in [-0.4, -0.2) is 46.3 Å². The largest absolute Gasteiger partial charge is 0.507 e. The fourth-order valence-electron chi connectivity index (χ4n) is 4.50. The number of hydrogen-bond donors (Lipinski definition) is 4. The number of benzene rings is 3. The second-order valence-electron chi connectivity index (χ2n) is 9.06. The van der Waals surface area contributed by atoms with Crippen molar-refractivity contribution in [3.63, 3.8) is 0 Å². The summed E-state index contributed by atoms with van der Waals surface area (Å²) < 4.78 is 32.1. The van der Waals surface area contributed by atoms with E-state index in [4.69, 9.17) is 9.84 Å². The van der Waals surface area contributed by atoms with Crippen molar-refractivity contribution in [3.05, 3.63) is 89.5 Å². The molecule has 2 unspecified atom stereocenters. The maximum absolute atomic E-state index is 13.5. The Labute approximate surface area is 222 Å². The number of anilines is 1. The van der Waals surface area contributed by atoms with Crippen LogP contribution in [0, 0.1) is 17.6 Å². The number of aliphatic carboxylic acids is 1. The fraction of sp³-hybridized carbons (Fsp3) is 0.250. The van der Waals surface area contributed by atoms with Crippen LogP contribution in [0.3, 0.4) is 0 Å². The van der Waals surface area contributed by atoms with Gasteiger partial charge in [-0.2, -0.15) is 0 Å². The third-order valence-corrected chi connectivity index (χ3v) is 6.45. The molecule has 3 atom stereocenters. The average Bonchev–Trinajstić information content (AvgIpc) is 2.91. The number of carboxylic acid groups (broad SMARTS) is 1. The van der Waals surface area contributed by atoms with E-state index >= 15 is 0 Å². The highest BCUT2D eigenvalue weighted by atomic mass is 19.1. The van der Waals surface area contributed by atoms with Crippen molar-refractivity contribution in [2.45, 2.75) is 25.0 Å². The molecule has 0 spiro atoms. The SMILES string of the molecule is O=C(O)CNC(=O)COc1ccc([C@@H]2C(CCC(O)c3ccc(F)cc3)C(=O)N2c2ccc(F)cc2)c(O)c1. The van der Waals surface area contributed by atoms with Crippen molar-refractivity contribution in [3.8, 4) is 11.5 Å². The molecule has 0 bridgehead atoms. The average molecular weight is 541 g/mol. The van der Waals surface area contributed by atoms with Crippen LogP contribution < -0.4 is 15.0 Å². The summed E-state index contributed by atoms with van der Waals surface area (Å²) in [6, 6.07) is 14.4. The molecule has 2 amide bonds. The zero-order chi connectivity index (χ0) is 28.1. The Bertz CT molecular complexity index is 1350. The predicted molar refractivity (Wildman–Crippen MR) is 135 cm³/mol. The van der Waals surface area contributed by atoms with E-state index in [2.05, 4.69) is 5.32 Å². The molecule has 3 aromatic rings. The van der Waals surface area contributed by atoms with Gasteiger partial charge in [0, 0.05) is 17.3 Å². The Morgan fingerprint density at radius 2 is 1.64 bits per heavy atom. The second-order valence-corrected chi connectivity index (χ2v) is 9.06. The monoisotopic (exact) mass is 540 g/mol. The summed E-state index contributed by atoms with van der Waals surface area (Å²) in [5, 5.41) is 32.2. The number of halogens is 2. The zero-order valence-electron chi connectivity index (χ0n) is 20.6. The Balaban J connectivity index is 1.52. The van der Waals surface area contributed by atoms with Crippen LogP contribution in [-0.2, 0) is 14.4 Å². The number of aromatic hydroxyl groups is 1. The first-order valence-corrected chi connectivity index (χ1v) is 12.1. The number of carbonyl (C=O) groups is 3. The standard InChI is InChI=1S/C28H26F2N2O7/c29-17-3-1-16(2-4-17)23(33)12-11-22-27(32(28(22)38)19-7-5-18(30)6-8-19)21-10-9-20(13-24(21)34)39-15-25(35)31-14-26(36)37/h1-10,13,22-23,27,33-34H,11-12,14-15H2,(H,31,35)(H,36,37)/t22?,23?,27-/m1/s1. The molecule has 1 aliphatic heterocycles. The number of rotatable bonds is 11. The van der Waals surface area contributed by atoms with Crippen molar-refractivity contribution < 1.29 is 43.2 Å². The van der Waals surface area contributed by atoms with Crippen molar-refractivity contribution in [1.82, 2.24) is 5.32 Å². The summed E-state index contributed by atoms with van der Waals surface area (Å²) in [7, 11) is 0. The first-order valence-electron chi connectivity index (χ1n) is 12.1. The van der Waals surface area contributed by atoms with Gasteiger partial charge in [-0.25, -0.2) is 8.78 Å². The molecule has 9 nitrogen and oxygen atoms in total. The molecular weight excluding hydrogens is 514 g/mol. The van der Waals surface area contributed by atoms with Gasteiger partial charge >= 0.3 is 5.97 Å². The van der Waals surface area contributed by atoms with Crippen LogP contribution in [0.25, 0.3) is 0 Å². The van der Waals surface area contributed by atoms with Crippen LogP contribution in [0.5, 0.6) is 11.5 Å². The minimum Gasteiger partial charge on any atom is -0.507 e. The number of nitrogens with one attached hydrogen (secondary N) is 1. The van der Waals surface area contributed by atoms with Crippen molar-refractivity contribution >= 4 is 23.5 Å². The Kier molecular flexibility index (Phi) is 8.40. The molecule has 1 aliphatic rings. The normalized spacial score (nSPS) is 17.3. The Morgan fingerprint density at radius 3 is 2.26 bits per heavy atom. The minimum atomic E-state index is -1.20. The molecule has 1 heterocycles. The van der Waals surface area contributed by atoms with Gasteiger partial charge in [0.2, 0.25) is 5.91 Å². The predicted octanol–water partition coefficient (Wildman–Crippen LogP) is 3.47. The zero-order valence-corrected chi connectivity index (χ0v) is 20.6. The summed E-state index contributed by atoms with van der Waals surface area (Å²) in [6.45, 7) is -1.03. The molecule has 0 aliphatic carbocycles. The van der Waals surface area contributed by atoms with Gasteiger partial charge in [0.1, 0.15) is 29.7 Å². The lowest BCUT2D eigenvalue weighted by atomic mass is 9.78. The number of phenolic OH excluding ortho intramolecular Hbond substituents is 1. The first kappa shape index (κ1) is 27.5. The number of hydrogen-bond acceptors (Lipinski definition) is 6. The molecule has 204 valence electrons. The van der Waals surface area contributed by atoms with Crippen molar-refractivity contribution in [2.75, 3.05) is 18.1 Å². The molecule has 1 fully saturated rings. The number of nitrogens with zero attached hydrogens (tertiary/aromatic N) is 1. The highest BCUT2D eigenvalue weighted by molar-refractivity contribution is 6.03. The number of ether oxygens (including phenoxy) is 1. The van der Waals surface area contributed by atoms with E-state index in [-0.39, 0.29) is 30.2 Å². The molecule has 4 rings (SSSR count). The maximum Gasteiger partial charge on any atom is 0.322 e. The van der Waals surface area contributed by atoms with Crippen molar-refractivity contribution in [1.29, 1.82) is 0 Å². The summed E-state index contributed by atoms with van der Waals surface area (Å²) in [4.78, 5) is 36.9. The second kappa shape index (κ2) is 11.9. The highest BCUT2D eigenvalue weighted by Gasteiger charge is 2.49. The molecule has 0 aromatic heterocycles. The third kappa shape index (κ3) is 6.50. The molecule has 4 N–H and O–H groups in total.